The summed E-state index contributed by atoms with van der Waals surface area (Å²) in [4.78, 5) is 25.9. The number of carbonyl (C=O) groups is 2. The third-order valence-corrected chi connectivity index (χ3v) is 4.50. The number of benzene rings is 2. The zero-order valence-corrected chi connectivity index (χ0v) is 16.9. The van der Waals surface area contributed by atoms with E-state index in [9.17, 15) is 9.59 Å². The lowest BCUT2D eigenvalue weighted by atomic mass is 10.1. The van der Waals surface area contributed by atoms with Crippen molar-refractivity contribution in [3.63, 3.8) is 0 Å². The number of amides is 2. The molecule has 0 radical (unpaired) electrons. The van der Waals surface area contributed by atoms with Crippen molar-refractivity contribution in [2.75, 3.05) is 45.2 Å². The molecule has 1 heterocycles. The van der Waals surface area contributed by atoms with E-state index in [0.29, 0.717) is 26.2 Å². The maximum absolute atomic E-state index is 12.1. The molecular formula is C22H27N3O4. The zero-order chi connectivity index (χ0) is 20.6. The van der Waals surface area contributed by atoms with Crippen LogP contribution in [0.15, 0.2) is 42.5 Å². The molecule has 0 spiro atoms. The average Bonchev–Trinajstić information content (AvgIpc) is 2.69. The lowest BCUT2D eigenvalue weighted by Gasteiger charge is -2.19. The fourth-order valence-corrected chi connectivity index (χ4v) is 3.03. The summed E-state index contributed by atoms with van der Waals surface area (Å²) in [6.45, 7) is 3.93. The van der Waals surface area contributed by atoms with Crippen molar-refractivity contribution in [1.82, 2.24) is 10.2 Å². The molecule has 0 bridgehead atoms. The van der Waals surface area contributed by atoms with Crippen LogP contribution in [0.3, 0.4) is 0 Å². The molecule has 1 aliphatic rings. The monoisotopic (exact) mass is 397 g/mol. The summed E-state index contributed by atoms with van der Waals surface area (Å²) < 4.78 is 11.1. The minimum absolute atomic E-state index is 0.117. The highest BCUT2D eigenvalue weighted by Crippen LogP contribution is 2.30. The van der Waals surface area contributed by atoms with Gasteiger partial charge in [-0.1, -0.05) is 23.8 Å². The third kappa shape index (κ3) is 6.50. The molecular weight excluding hydrogens is 370 g/mol. The second-order valence-corrected chi connectivity index (χ2v) is 7.16. The maximum atomic E-state index is 12.1. The Labute approximate surface area is 171 Å². The smallest absolute Gasteiger partial charge is 0.238 e. The number of nitrogens with zero attached hydrogens (tertiary/aromatic N) is 1. The topological polar surface area (TPSA) is 79.9 Å². The Balaban J connectivity index is 1.36. The van der Waals surface area contributed by atoms with Crippen molar-refractivity contribution in [1.29, 1.82) is 0 Å². The van der Waals surface area contributed by atoms with Gasteiger partial charge >= 0.3 is 0 Å². The summed E-state index contributed by atoms with van der Waals surface area (Å²) in [6, 6.07) is 13.4. The number of carbonyl (C=O) groups excluding carboxylic acids is 2. The fourth-order valence-electron chi connectivity index (χ4n) is 3.03. The molecule has 0 aromatic heterocycles. The Morgan fingerprint density at radius 1 is 0.966 bits per heavy atom. The van der Waals surface area contributed by atoms with Gasteiger partial charge in [0.05, 0.1) is 13.1 Å². The first-order valence-electron chi connectivity index (χ1n) is 9.70. The number of rotatable bonds is 8. The Morgan fingerprint density at radius 2 is 1.66 bits per heavy atom. The Bertz CT molecular complexity index is 852. The van der Waals surface area contributed by atoms with E-state index in [1.165, 1.54) is 0 Å². The predicted molar refractivity (Wildman–Crippen MR) is 111 cm³/mol. The van der Waals surface area contributed by atoms with Gasteiger partial charge in [-0.25, -0.2) is 0 Å². The summed E-state index contributed by atoms with van der Waals surface area (Å²) in [5.41, 5.74) is 2.95. The standard InChI is InChI=1S/C22H27N3O4/c1-16-3-6-18(7-4-16)24-22(27)15-25(2)14-21(26)23-10-9-17-5-8-19-20(13-17)29-12-11-28-19/h3-8,13H,9-12,14-15H2,1-2H3,(H,23,26)(H,24,27). The van der Waals surface area contributed by atoms with Crippen LogP contribution < -0.4 is 20.1 Å². The van der Waals surface area contributed by atoms with Crippen LogP contribution in [-0.4, -0.2) is 56.6 Å². The van der Waals surface area contributed by atoms with Gasteiger partial charge in [-0.2, -0.15) is 0 Å². The van der Waals surface area contributed by atoms with Crippen LogP contribution in [0.5, 0.6) is 11.5 Å². The molecule has 3 rings (SSSR count). The van der Waals surface area contributed by atoms with E-state index in [4.69, 9.17) is 9.47 Å². The lowest BCUT2D eigenvalue weighted by molar-refractivity contribution is -0.122. The number of hydrogen-bond acceptors (Lipinski definition) is 5. The number of nitrogens with one attached hydrogen (secondary N) is 2. The van der Waals surface area contributed by atoms with Gasteiger partial charge in [0.1, 0.15) is 13.2 Å². The molecule has 2 aromatic carbocycles. The van der Waals surface area contributed by atoms with E-state index in [-0.39, 0.29) is 24.9 Å². The van der Waals surface area contributed by atoms with Gasteiger partial charge in [-0.3, -0.25) is 14.5 Å². The summed E-state index contributed by atoms with van der Waals surface area (Å²) in [7, 11) is 1.75. The Morgan fingerprint density at radius 3 is 2.41 bits per heavy atom. The molecule has 154 valence electrons. The van der Waals surface area contributed by atoms with E-state index in [1.54, 1.807) is 11.9 Å². The minimum Gasteiger partial charge on any atom is -0.486 e. The molecule has 2 N–H and O–H groups in total. The number of fused-ring (bicyclic) bond motifs is 1. The van der Waals surface area contributed by atoms with Crippen molar-refractivity contribution in [2.24, 2.45) is 0 Å². The van der Waals surface area contributed by atoms with Crippen LogP contribution in [-0.2, 0) is 16.0 Å². The zero-order valence-electron chi connectivity index (χ0n) is 16.9. The summed E-state index contributed by atoms with van der Waals surface area (Å²) >= 11 is 0. The highest BCUT2D eigenvalue weighted by molar-refractivity contribution is 5.92. The second kappa shape index (κ2) is 9.93. The summed E-state index contributed by atoms with van der Waals surface area (Å²) in [5.74, 6) is 1.24. The molecule has 7 nitrogen and oxygen atoms in total. The van der Waals surface area contributed by atoms with E-state index in [0.717, 1.165) is 28.3 Å². The molecule has 0 atom stereocenters. The third-order valence-electron chi connectivity index (χ3n) is 4.50. The first-order valence-corrected chi connectivity index (χ1v) is 9.70. The number of aryl methyl sites for hydroxylation is 1. The van der Waals surface area contributed by atoms with Crippen molar-refractivity contribution in [3.8, 4) is 11.5 Å². The van der Waals surface area contributed by atoms with Crippen molar-refractivity contribution >= 4 is 17.5 Å². The van der Waals surface area contributed by atoms with Crippen molar-refractivity contribution < 1.29 is 19.1 Å². The van der Waals surface area contributed by atoms with Gasteiger partial charge in [0, 0.05) is 12.2 Å². The van der Waals surface area contributed by atoms with Crippen molar-refractivity contribution in [2.45, 2.75) is 13.3 Å². The molecule has 1 aliphatic heterocycles. The van der Waals surface area contributed by atoms with Crippen LogP contribution in [0, 0.1) is 6.92 Å². The van der Waals surface area contributed by atoms with E-state index >= 15 is 0 Å². The molecule has 7 heteroatoms. The van der Waals surface area contributed by atoms with Crippen LogP contribution in [0.2, 0.25) is 0 Å². The molecule has 2 amide bonds. The SMILES string of the molecule is Cc1ccc(NC(=O)CN(C)CC(=O)NCCc2ccc3c(c2)OCCO3)cc1. The Kier molecular flexibility index (Phi) is 7.08. The van der Waals surface area contributed by atoms with Crippen LogP contribution in [0.1, 0.15) is 11.1 Å². The number of anilines is 1. The van der Waals surface area contributed by atoms with E-state index in [2.05, 4.69) is 10.6 Å². The van der Waals surface area contributed by atoms with Crippen molar-refractivity contribution in [3.05, 3.63) is 53.6 Å². The highest BCUT2D eigenvalue weighted by atomic mass is 16.6. The predicted octanol–water partition coefficient (Wildman–Crippen LogP) is 2.00. The molecule has 0 fully saturated rings. The quantitative estimate of drug-likeness (QED) is 0.712. The number of ether oxygens (including phenoxy) is 2. The molecule has 29 heavy (non-hydrogen) atoms. The number of likely N-dealkylation sites (N-methyl/N-ethyl adjacent to an activating group) is 1. The van der Waals surface area contributed by atoms with Crippen LogP contribution in [0.25, 0.3) is 0 Å². The number of hydrogen-bond donors (Lipinski definition) is 2. The van der Waals surface area contributed by atoms with Gasteiger partial charge in [-0.15, -0.1) is 0 Å². The normalized spacial score (nSPS) is 12.5. The fraction of sp³-hybridized carbons (Fsp3) is 0.364. The summed E-state index contributed by atoms with van der Waals surface area (Å²) in [6.07, 6.45) is 0.694. The van der Waals surface area contributed by atoms with E-state index < -0.39 is 0 Å². The summed E-state index contributed by atoms with van der Waals surface area (Å²) in [5, 5.41) is 5.72. The van der Waals surface area contributed by atoms with Gasteiger partial charge in [-0.05, 0) is 50.2 Å². The van der Waals surface area contributed by atoms with Gasteiger partial charge in [0.2, 0.25) is 11.8 Å². The molecule has 0 saturated carbocycles. The first kappa shape index (κ1) is 20.7. The molecule has 0 saturated heterocycles. The molecule has 2 aromatic rings. The van der Waals surface area contributed by atoms with Gasteiger partial charge in [0.15, 0.2) is 11.5 Å². The van der Waals surface area contributed by atoms with Gasteiger partial charge in [0.25, 0.3) is 0 Å². The van der Waals surface area contributed by atoms with E-state index in [1.807, 2.05) is 49.4 Å². The Hall–Kier alpha value is -3.06. The molecule has 0 aliphatic carbocycles. The largest absolute Gasteiger partial charge is 0.486 e. The minimum atomic E-state index is -0.152. The average molecular weight is 397 g/mol. The lowest BCUT2D eigenvalue weighted by Crippen LogP contribution is -2.39. The second-order valence-electron chi connectivity index (χ2n) is 7.16. The van der Waals surface area contributed by atoms with Crippen LogP contribution >= 0.6 is 0 Å². The molecule has 0 unspecified atom stereocenters. The highest BCUT2D eigenvalue weighted by Gasteiger charge is 2.13. The maximum Gasteiger partial charge on any atom is 0.238 e. The van der Waals surface area contributed by atoms with Gasteiger partial charge < -0.3 is 20.1 Å². The van der Waals surface area contributed by atoms with Crippen LogP contribution in [0.4, 0.5) is 5.69 Å². The first-order chi connectivity index (χ1) is 14.0.